The molecule has 26 heavy (non-hydrogen) atoms. The maximum Gasteiger partial charge on any atom is 0.256 e. The molecule has 1 fully saturated rings. The molecule has 1 aromatic rings. The van der Waals surface area contributed by atoms with Crippen molar-refractivity contribution in [2.75, 3.05) is 14.2 Å². The number of fused-ring (bicyclic) bond motifs is 1. The highest BCUT2D eigenvalue weighted by Gasteiger charge is 2.36. The summed E-state index contributed by atoms with van der Waals surface area (Å²) in [7, 11) is 3.07. The van der Waals surface area contributed by atoms with E-state index in [-0.39, 0.29) is 18.4 Å². The third-order valence-electron chi connectivity index (χ3n) is 5.31. The monoisotopic (exact) mass is 361 g/mol. The topological polar surface area (TPSA) is 80.8 Å². The van der Waals surface area contributed by atoms with E-state index in [0.717, 1.165) is 18.5 Å². The zero-order chi connectivity index (χ0) is 18.7. The Labute approximate surface area is 154 Å². The highest BCUT2D eigenvalue weighted by atomic mass is 16.5. The Kier molecular flexibility index (Phi) is 5.76. The van der Waals surface area contributed by atoms with E-state index in [1.54, 1.807) is 7.11 Å². The van der Waals surface area contributed by atoms with Crippen LogP contribution in [-0.4, -0.2) is 48.1 Å². The molecule has 1 aliphatic carbocycles. The van der Waals surface area contributed by atoms with Gasteiger partial charge in [0.05, 0.1) is 24.9 Å². The van der Waals surface area contributed by atoms with E-state index in [2.05, 4.69) is 10.3 Å². The molecule has 142 valence electrons. The Morgan fingerprint density at radius 3 is 2.73 bits per heavy atom. The fourth-order valence-electron chi connectivity index (χ4n) is 3.84. The van der Waals surface area contributed by atoms with Crippen LogP contribution < -0.4 is 10.1 Å². The summed E-state index contributed by atoms with van der Waals surface area (Å²) in [5, 5.41) is 2.84. The molecule has 0 radical (unpaired) electrons. The molecule has 1 saturated carbocycles. The van der Waals surface area contributed by atoms with E-state index < -0.39 is 6.10 Å². The second-order valence-corrected chi connectivity index (χ2v) is 6.87. The Balaban J connectivity index is 1.77. The van der Waals surface area contributed by atoms with Gasteiger partial charge >= 0.3 is 0 Å². The number of aromatic nitrogens is 1. The van der Waals surface area contributed by atoms with Crippen LogP contribution >= 0.6 is 0 Å². The van der Waals surface area contributed by atoms with Crippen molar-refractivity contribution in [3.63, 3.8) is 0 Å². The predicted molar refractivity (Wildman–Crippen MR) is 95.9 cm³/mol. The van der Waals surface area contributed by atoms with Gasteiger partial charge in [-0.2, -0.15) is 0 Å². The van der Waals surface area contributed by atoms with Crippen LogP contribution in [0.1, 0.15) is 60.6 Å². The first-order valence-corrected chi connectivity index (χ1v) is 9.27. The minimum atomic E-state index is -0.483. The Morgan fingerprint density at radius 2 is 2.12 bits per heavy atom. The lowest BCUT2D eigenvalue weighted by molar-refractivity contribution is -0.131. The van der Waals surface area contributed by atoms with Crippen LogP contribution in [0.25, 0.3) is 0 Å². The summed E-state index contributed by atoms with van der Waals surface area (Å²) < 4.78 is 10.5. The van der Waals surface area contributed by atoms with Gasteiger partial charge in [-0.15, -0.1) is 0 Å². The van der Waals surface area contributed by atoms with Gasteiger partial charge in [-0.25, -0.2) is 4.98 Å². The number of methoxy groups -OCH3 is 2. The summed E-state index contributed by atoms with van der Waals surface area (Å²) in [5.41, 5.74) is 2.09. The van der Waals surface area contributed by atoms with Crippen LogP contribution in [0, 0.1) is 0 Å². The van der Waals surface area contributed by atoms with Crippen molar-refractivity contribution < 1.29 is 19.1 Å². The molecule has 1 aromatic heterocycles. The van der Waals surface area contributed by atoms with E-state index in [1.165, 1.54) is 20.0 Å². The van der Waals surface area contributed by atoms with Gasteiger partial charge in [-0.3, -0.25) is 9.59 Å². The molecule has 0 saturated heterocycles. The number of hydrogen-bond donors (Lipinski definition) is 1. The highest BCUT2D eigenvalue weighted by Crippen LogP contribution is 2.33. The Morgan fingerprint density at radius 1 is 1.38 bits per heavy atom. The van der Waals surface area contributed by atoms with Gasteiger partial charge in [0.1, 0.15) is 6.10 Å². The van der Waals surface area contributed by atoms with Gasteiger partial charge < -0.3 is 19.7 Å². The Hall–Kier alpha value is -2.15. The number of carbonyl (C=O) groups excluding carboxylic acids is 2. The molecule has 3 rings (SSSR count). The maximum absolute atomic E-state index is 12.8. The van der Waals surface area contributed by atoms with Crippen LogP contribution in [0.4, 0.5) is 0 Å². The number of pyridine rings is 1. The Bertz CT molecular complexity index is 682. The number of nitrogens with zero attached hydrogens (tertiary/aromatic N) is 2. The first-order chi connectivity index (χ1) is 12.6. The largest absolute Gasteiger partial charge is 0.481 e. The normalized spacial score (nSPS) is 18.1. The zero-order valence-electron chi connectivity index (χ0n) is 15.7. The minimum absolute atomic E-state index is 0.0398. The molecular weight excluding hydrogens is 334 g/mol. The predicted octanol–water partition coefficient (Wildman–Crippen LogP) is 2.03. The lowest BCUT2D eigenvalue weighted by atomic mass is 10.1. The first-order valence-electron chi connectivity index (χ1n) is 9.27. The fraction of sp³-hybridized carbons (Fsp3) is 0.632. The summed E-state index contributed by atoms with van der Waals surface area (Å²) >= 11 is 0. The first kappa shape index (κ1) is 18.6. The molecule has 7 nitrogen and oxygen atoms in total. The smallest absolute Gasteiger partial charge is 0.256 e. The SMILES string of the molecule is CC[C@H](OC)C(=O)NCc1cc2c(nc1OC)CN(C1CCCC1)C2=O. The van der Waals surface area contributed by atoms with Gasteiger partial charge in [-0.05, 0) is 25.3 Å². The average Bonchev–Trinajstić information content (AvgIpc) is 3.28. The number of ether oxygens (including phenoxy) is 2. The van der Waals surface area contributed by atoms with Crippen LogP contribution in [0.2, 0.25) is 0 Å². The van der Waals surface area contributed by atoms with Gasteiger partial charge in [0.2, 0.25) is 11.8 Å². The van der Waals surface area contributed by atoms with Crippen molar-refractivity contribution in [1.29, 1.82) is 0 Å². The van der Waals surface area contributed by atoms with Gasteiger partial charge in [-0.1, -0.05) is 19.8 Å². The van der Waals surface area contributed by atoms with Crippen LogP contribution in [-0.2, 0) is 22.6 Å². The number of rotatable bonds is 7. The van der Waals surface area contributed by atoms with Crippen molar-refractivity contribution in [1.82, 2.24) is 15.2 Å². The molecule has 1 aliphatic heterocycles. The average molecular weight is 361 g/mol. The molecule has 1 N–H and O–H groups in total. The number of amides is 2. The second kappa shape index (κ2) is 8.03. The van der Waals surface area contributed by atoms with Gasteiger partial charge in [0.25, 0.3) is 5.91 Å². The maximum atomic E-state index is 12.8. The molecule has 0 spiro atoms. The lowest BCUT2D eigenvalue weighted by Crippen LogP contribution is -2.35. The van der Waals surface area contributed by atoms with Crippen LogP contribution in [0.5, 0.6) is 5.88 Å². The van der Waals surface area contributed by atoms with E-state index in [9.17, 15) is 9.59 Å². The number of carbonyl (C=O) groups is 2. The summed E-state index contributed by atoms with van der Waals surface area (Å²) in [6.45, 7) is 2.68. The van der Waals surface area contributed by atoms with Crippen LogP contribution in [0.3, 0.4) is 0 Å². The second-order valence-electron chi connectivity index (χ2n) is 6.87. The third kappa shape index (κ3) is 3.53. The van der Waals surface area contributed by atoms with Crippen molar-refractivity contribution in [2.45, 2.75) is 64.3 Å². The third-order valence-corrected chi connectivity index (χ3v) is 5.31. The van der Waals surface area contributed by atoms with Crippen molar-refractivity contribution in [3.8, 4) is 5.88 Å². The highest BCUT2D eigenvalue weighted by molar-refractivity contribution is 5.98. The van der Waals surface area contributed by atoms with Crippen molar-refractivity contribution in [3.05, 3.63) is 22.9 Å². The summed E-state index contributed by atoms with van der Waals surface area (Å²) in [6, 6.07) is 2.13. The molecule has 1 atom stereocenters. The lowest BCUT2D eigenvalue weighted by Gasteiger charge is -2.22. The molecule has 2 heterocycles. The molecule has 0 unspecified atom stereocenters. The molecular formula is C19H27N3O4. The molecule has 0 bridgehead atoms. The van der Waals surface area contributed by atoms with Gasteiger partial charge in [0.15, 0.2) is 0 Å². The molecule has 0 aromatic carbocycles. The van der Waals surface area contributed by atoms with E-state index in [1.807, 2.05) is 17.9 Å². The summed E-state index contributed by atoms with van der Waals surface area (Å²) in [5.74, 6) is 0.310. The summed E-state index contributed by atoms with van der Waals surface area (Å²) in [6.07, 6.45) is 4.59. The molecule has 7 heteroatoms. The summed E-state index contributed by atoms with van der Waals surface area (Å²) in [4.78, 5) is 31.4. The fourth-order valence-corrected chi connectivity index (χ4v) is 3.84. The van der Waals surface area contributed by atoms with Crippen molar-refractivity contribution in [2.24, 2.45) is 0 Å². The quantitative estimate of drug-likeness (QED) is 0.804. The minimum Gasteiger partial charge on any atom is -0.481 e. The zero-order valence-corrected chi connectivity index (χ0v) is 15.7. The van der Waals surface area contributed by atoms with Gasteiger partial charge in [0, 0.05) is 25.3 Å². The van der Waals surface area contributed by atoms with E-state index in [4.69, 9.17) is 9.47 Å². The van der Waals surface area contributed by atoms with Crippen molar-refractivity contribution >= 4 is 11.8 Å². The number of nitrogens with one attached hydrogen (secondary N) is 1. The van der Waals surface area contributed by atoms with E-state index in [0.29, 0.717) is 36.0 Å². The molecule has 2 aliphatic rings. The van der Waals surface area contributed by atoms with Crippen LogP contribution in [0.15, 0.2) is 6.07 Å². The molecule has 2 amide bonds. The standard InChI is InChI=1S/C19H27N3O4/c1-4-16(25-2)17(23)20-10-12-9-14-15(21-18(12)26-3)11-22(19(14)24)13-7-5-6-8-13/h9,13,16H,4-8,10-11H2,1-3H3,(H,20,23)/t16-/m0/s1. The number of hydrogen-bond acceptors (Lipinski definition) is 5. The van der Waals surface area contributed by atoms with E-state index >= 15 is 0 Å².